The minimum atomic E-state index is -4.76. The number of carbonyl (C=O) groups is 1. The van der Waals surface area contributed by atoms with Gasteiger partial charge in [0.25, 0.3) is 5.91 Å². The smallest absolute Gasteiger partial charge is 0.338 e. The Bertz CT molecular complexity index is 1370. The largest absolute Gasteiger partial charge is 0.416 e. The van der Waals surface area contributed by atoms with E-state index in [1.54, 1.807) is 30.3 Å². The van der Waals surface area contributed by atoms with Gasteiger partial charge >= 0.3 is 12.4 Å². The fraction of sp³-hybridized carbons (Fsp3) is 0.138. The summed E-state index contributed by atoms with van der Waals surface area (Å²) < 4.78 is 96.1. The molecule has 0 heterocycles. The third-order valence-electron chi connectivity index (χ3n) is 6.09. The topological polar surface area (TPSA) is 29.1 Å². The quantitative estimate of drug-likeness (QED) is 0.253. The highest BCUT2D eigenvalue weighted by atomic mass is 19.4. The average Bonchev–Trinajstić information content (AvgIpc) is 2.88. The number of nitrogens with one attached hydrogen (secondary N) is 1. The van der Waals surface area contributed by atoms with Crippen LogP contribution in [0.1, 0.15) is 38.2 Å². The van der Waals surface area contributed by atoms with Crippen molar-refractivity contribution in [2.45, 2.75) is 24.3 Å². The first-order valence-electron chi connectivity index (χ1n) is 11.4. The van der Waals surface area contributed by atoms with Crippen LogP contribution in [0.25, 0.3) is 0 Å². The fourth-order valence-corrected chi connectivity index (χ4v) is 4.28. The molecule has 4 aromatic rings. The minimum absolute atomic E-state index is 0.0970. The van der Waals surface area contributed by atoms with Crippen molar-refractivity contribution in [2.75, 3.05) is 0 Å². The van der Waals surface area contributed by atoms with Gasteiger partial charge in [0.05, 0.1) is 16.7 Å². The van der Waals surface area contributed by atoms with Crippen LogP contribution in [0.5, 0.6) is 0 Å². The van der Waals surface area contributed by atoms with Crippen LogP contribution < -0.4 is 5.32 Å². The molecule has 0 unspecified atom stereocenters. The van der Waals surface area contributed by atoms with E-state index in [1.165, 1.54) is 24.3 Å². The number of rotatable bonds is 6. The summed E-state index contributed by atoms with van der Waals surface area (Å²) in [7, 11) is 0. The molecule has 0 atom stereocenters. The Morgan fingerprint density at radius 2 is 1.11 bits per heavy atom. The first kappa shape index (κ1) is 26.9. The van der Waals surface area contributed by atoms with Gasteiger partial charge in [-0.05, 0) is 59.2 Å². The van der Waals surface area contributed by atoms with E-state index in [1.807, 2.05) is 0 Å². The number of alkyl halides is 6. The van der Waals surface area contributed by atoms with Gasteiger partial charge in [-0.15, -0.1) is 0 Å². The zero-order valence-electron chi connectivity index (χ0n) is 19.6. The molecule has 0 saturated heterocycles. The Labute approximate surface area is 213 Å². The van der Waals surface area contributed by atoms with Crippen molar-refractivity contribution < 1.29 is 35.5 Å². The predicted octanol–water partition coefficient (Wildman–Crippen LogP) is 7.78. The maximum absolute atomic E-state index is 13.9. The van der Waals surface area contributed by atoms with Crippen molar-refractivity contribution in [2.24, 2.45) is 0 Å². The molecule has 0 aliphatic carbocycles. The normalized spacial score (nSPS) is 12.3. The van der Waals surface area contributed by atoms with E-state index in [4.69, 9.17) is 0 Å². The summed E-state index contributed by atoms with van der Waals surface area (Å²) in [6, 6.07) is 21.0. The van der Waals surface area contributed by atoms with Crippen molar-refractivity contribution in [1.82, 2.24) is 5.32 Å². The number of halogens is 7. The zero-order chi connectivity index (χ0) is 27.6. The van der Waals surface area contributed by atoms with E-state index in [-0.39, 0.29) is 23.1 Å². The summed E-state index contributed by atoms with van der Waals surface area (Å²) in [5.74, 6) is -1.61. The molecule has 0 aliphatic heterocycles. The van der Waals surface area contributed by atoms with Gasteiger partial charge in [0.15, 0.2) is 0 Å². The Balaban J connectivity index is 2.00. The molecule has 0 spiro atoms. The highest BCUT2D eigenvalue weighted by Gasteiger charge is 2.41. The van der Waals surface area contributed by atoms with E-state index in [0.29, 0.717) is 5.56 Å². The third kappa shape index (κ3) is 5.88. The monoisotopic (exact) mass is 531 g/mol. The molecule has 1 N–H and O–H groups in total. The molecule has 196 valence electrons. The summed E-state index contributed by atoms with van der Waals surface area (Å²) >= 11 is 0. The number of hydrogen-bond acceptors (Lipinski definition) is 1. The van der Waals surface area contributed by atoms with E-state index in [9.17, 15) is 35.5 Å². The van der Waals surface area contributed by atoms with Crippen LogP contribution in [0, 0.1) is 5.82 Å². The van der Waals surface area contributed by atoms with E-state index in [2.05, 4.69) is 5.32 Å². The molecule has 0 fully saturated rings. The number of amides is 1. The second-order valence-electron chi connectivity index (χ2n) is 8.69. The standard InChI is InChI=1S/C29H20F7NO/c30-25-14-4-9-20(15-25)26(38)37-27(18-19-7-2-1-3-8-19,21-10-5-12-23(16-21)28(31,32)33)22-11-6-13-24(17-22)29(34,35)36/h1-17H,18H2,(H,37,38). The molecule has 4 rings (SSSR count). The number of carbonyl (C=O) groups excluding carboxylic acids is 1. The second kappa shape index (κ2) is 10.3. The molecule has 9 heteroatoms. The van der Waals surface area contributed by atoms with Crippen molar-refractivity contribution in [3.63, 3.8) is 0 Å². The number of benzene rings is 4. The molecule has 2 nitrogen and oxygen atoms in total. The summed E-state index contributed by atoms with van der Waals surface area (Å²) in [6.07, 6.45) is -9.71. The van der Waals surface area contributed by atoms with Gasteiger partial charge in [-0.1, -0.05) is 60.7 Å². The van der Waals surface area contributed by atoms with Crippen LogP contribution in [0.4, 0.5) is 30.7 Å². The molecule has 0 bridgehead atoms. The highest BCUT2D eigenvalue weighted by Crippen LogP contribution is 2.40. The lowest BCUT2D eigenvalue weighted by molar-refractivity contribution is -0.138. The molecular formula is C29H20F7NO. The second-order valence-corrected chi connectivity index (χ2v) is 8.69. The van der Waals surface area contributed by atoms with Gasteiger partial charge in [0.2, 0.25) is 0 Å². The van der Waals surface area contributed by atoms with Gasteiger partial charge in [-0.25, -0.2) is 4.39 Å². The first-order chi connectivity index (χ1) is 17.9. The SMILES string of the molecule is O=C(NC(Cc1ccccc1)(c1cccc(C(F)(F)F)c1)c1cccc(C(F)(F)F)c1)c1cccc(F)c1. The van der Waals surface area contributed by atoms with E-state index in [0.717, 1.165) is 48.5 Å². The van der Waals surface area contributed by atoms with E-state index >= 15 is 0 Å². The number of hydrogen-bond donors (Lipinski definition) is 1. The molecular weight excluding hydrogens is 511 g/mol. The van der Waals surface area contributed by atoms with Crippen molar-refractivity contribution >= 4 is 5.91 Å². The van der Waals surface area contributed by atoms with Crippen molar-refractivity contribution in [3.05, 3.63) is 142 Å². The maximum atomic E-state index is 13.9. The van der Waals surface area contributed by atoms with Gasteiger partial charge in [0.1, 0.15) is 5.82 Å². The molecule has 38 heavy (non-hydrogen) atoms. The van der Waals surface area contributed by atoms with Gasteiger partial charge in [-0.3, -0.25) is 4.79 Å². The van der Waals surface area contributed by atoms with Gasteiger partial charge < -0.3 is 5.32 Å². The zero-order valence-corrected chi connectivity index (χ0v) is 19.6. The van der Waals surface area contributed by atoms with Crippen LogP contribution in [0.2, 0.25) is 0 Å². The summed E-state index contributed by atoms with van der Waals surface area (Å²) in [4.78, 5) is 13.4. The summed E-state index contributed by atoms with van der Waals surface area (Å²) in [5, 5.41) is 2.67. The molecule has 4 aromatic carbocycles. The van der Waals surface area contributed by atoms with Crippen LogP contribution in [0.3, 0.4) is 0 Å². The fourth-order valence-electron chi connectivity index (χ4n) is 4.28. The summed E-state index contributed by atoms with van der Waals surface area (Å²) in [6.45, 7) is 0. The molecule has 1 amide bonds. The Morgan fingerprint density at radius 3 is 1.61 bits per heavy atom. The molecule has 0 saturated carbocycles. The van der Waals surface area contributed by atoms with Crippen LogP contribution in [-0.4, -0.2) is 5.91 Å². The Morgan fingerprint density at radius 1 is 0.605 bits per heavy atom. The Hall–Kier alpha value is -4.14. The first-order valence-corrected chi connectivity index (χ1v) is 11.4. The van der Waals surface area contributed by atoms with E-state index < -0.39 is 40.7 Å². The maximum Gasteiger partial charge on any atom is 0.416 e. The molecule has 0 aromatic heterocycles. The summed E-state index contributed by atoms with van der Waals surface area (Å²) in [5.41, 5.74) is -3.80. The lowest BCUT2D eigenvalue weighted by Crippen LogP contribution is -2.49. The molecule has 0 radical (unpaired) electrons. The van der Waals surface area contributed by atoms with Gasteiger partial charge in [0, 0.05) is 12.0 Å². The van der Waals surface area contributed by atoms with Crippen molar-refractivity contribution in [1.29, 1.82) is 0 Å². The van der Waals surface area contributed by atoms with Crippen molar-refractivity contribution in [3.8, 4) is 0 Å². The van der Waals surface area contributed by atoms with Crippen LogP contribution in [-0.2, 0) is 24.3 Å². The predicted molar refractivity (Wildman–Crippen MR) is 128 cm³/mol. The lowest BCUT2D eigenvalue weighted by Gasteiger charge is -2.37. The third-order valence-corrected chi connectivity index (χ3v) is 6.09. The van der Waals surface area contributed by atoms with Gasteiger partial charge in [-0.2, -0.15) is 26.3 Å². The average molecular weight is 531 g/mol. The minimum Gasteiger partial charge on any atom is -0.338 e. The lowest BCUT2D eigenvalue weighted by atomic mass is 9.76. The Kier molecular flexibility index (Phi) is 7.31. The highest BCUT2D eigenvalue weighted by molar-refractivity contribution is 5.95. The van der Waals surface area contributed by atoms with Crippen LogP contribution >= 0.6 is 0 Å². The molecule has 0 aliphatic rings. The van der Waals surface area contributed by atoms with Crippen LogP contribution in [0.15, 0.2) is 103 Å².